The van der Waals surface area contributed by atoms with Crippen LogP contribution in [0.3, 0.4) is 0 Å². The fourth-order valence-electron chi connectivity index (χ4n) is 3.18. The highest BCUT2D eigenvalue weighted by Gasteiger charge is 2.16. The van der Waals surface area contributed by atoms with Crippen LogP contribution in [0.1, 0.15) is 11.4 Å². The lowest BCUT2D eigenvalue weighted by molar-refractivity contribution is -0.113. The Morgan fingerprint density at radius 2 is 1.78 bits per heavy atom. The van der Waals surface area contributed by atoms with E-state index >= 15 is 0 Å². The summed E-state index contributed by atoms with van der Waals surface area (Å²) in [5, 5.41) is 16.3. The van der Waals surface area contributed by atoms with E-state index < -0.39 is 0 Å². The van der Waals surface area contributed by atoms with E-state index in [1.807, 2.05) is 53.1 Å². The first-order valence-electron chi connectivity index (χ1n) is 10.1. The molecule has 1 amide bonds. The van der Waals surface area contributed by atoms with Crippen molar-refractivity contribution in [2.45, 2.75) is 18.6 Å². The average molecular weight is 464 g/mol. The summed E-state index contributed by atoms with van der Waals surface area (Å²) in [7, 11) is 0. The smallest absolute Gasteiger partial charge is 0.234 e. The van der Waals surface area contributed by atoms with Gasteiger partial charge in [0.25, 0.3) is 0 Å². The van der Waals surface area contributed by atoms with Crippen LogP contribution < -0.4 is 10.6 Å². The third-order valence-corrected chi connectivity index (χ3v) is 5.90. The Balaban J connectivity index is 1.50. The lowest BCUT2D eigenvalue weighted by Gasteiger charge is -2.12. The topological polar surface area (TPSA) is 71.8 Å². The first kappa shape index (κ1) is 21.9. The number of anilines is 2. The van der Waals surface area contributed by atoms with Crippen molar-refractivity contribution in [1.82, 2.24) is 14.8 Å². The van der Waals surface area contributed by atoms with Crippen LogP contribution in [0.4, 0.5) is 11.4 Å². The monoisotopic (exact) mass is 463 g/mol. The van der Waals surface area contributed by atoms with Gasteiger partial charge in [0.05, 0.1) is 12.3 Å². The predicted octanol–water partition coefficient (Wildman–Crippen LogP) is 5.57. The Labute approximate surface area is 196 Å². The molecule has 162 valence electrons. The van der Waals surface area contributed by atoms with Crippen LogP contribution in [-0.2, 0) is 11.3 Å². The summed E-state index contributed by atoms with van der Waals surface area (Å²) in [5.41, 5.74) is 3.81. The Bertz CT molecular complexity index is 1210. The van der Waals surface area contributed by atoms with Crippen molar-refractivity contribution in [3.63, 3.8) is 0 Å². The predicted molar refractivity (Wildman–Crippen MR) is 131 cm³/mol. The second-order valence-corrected chi connectivity index (χ2v) is 8.46. The molecule has 0 unspecified atom stereocenters. The molecule has 0 bridgehead atoms. The molecule has 2 N–H and O–H groups in total. The molecule has 6 nitrogen and oxygen atoms in total. The summed E-state index contributed by atoms with van der Waals surface area (Å²) in [6.45, 7) is 2.56. The molecular weight excluding hydrogens is 442 g/mol. The summed E-state index contributed by atoms with van der Waals surface area (Å²) in [5.74, 6) is 0.819. The molecule has 32 heavy (non-hydrogen) atoms. The SMILES string of the molecule is Cc1ccccc1NCc1nnc(SCC(=O)Nc2cccc(Cl)c2)n1-c1ccccc1. The average Bonchev–Trinajstić information content (AvgIpc) is 3.20. The van der Waals surface area contributed by atoms with E-state index in [4.69, 9.17) is 11.6 Å². The summed E-state index contributed by atoms with van der Waals surface area (Å²) in [6, 6.07) is 25.1. The first-order chi connectivity index (χ1) is 15.6. The van der Waals surface area contributed by atoms with Gasteiger partial charge in [0.1, 0.15) is 0 Å². The van der Waals surface area contributed by atoms with Gasteiger partial charge in [-0.1, -0.05) is 65.8 Å². The van der Waals surface area contributed by atoms with Crippen molar-refractivity contribution in [2.24, 2.45) is 0 Å². The van der Waals surface area contributed by atoms with Crippen LogP contribution in [0.2, 0.25) is 5.02 Å². The molecular formula is C24H22ClN5OS. The van der Waals surface area contributed by atoms with Gasteiger partial charge in [0, 0.05) is 22.1 Å². The van der Waals surface area contributed by atoms with Gasteiger partial charge >= 0.3 is 0 Å². The molecule has 0 atom stereocenters. The summed E-state index contributed by atoms with van der Waals surface area (Å²) < 4.78 is 1.97. The normalized spacial score (nSPS) is 10.7. The Hall–Kier alpha value is -3.29. The Kier molecular flexibility index (Phi) is 7.09. The second kappa shape index (κ2) is 10.3. The zero-order valence-corrected chi connectivity index (χ0v) is 19.0. The van der Waals surface area contributed by atoms with Gasteiger partial charge in [-0.2, -0.15) is 0 Å². The summed E-state index contributed by atoms with van der Waals surface area (Å²) in [6.07, 6.45) is 0. The molecule has 0 saturated heterocycles. The van der Waals surface area contributed by atoms with Crippen molar-refractivity contribution >= 4 is 40.6 Å². The molecule has 0 aliphatic heterocycles. The number of hydrogen-bond donors (Lipinski definition) is 2. The van der Waals surface area contributed by atoms with Crippen LogP contribution in [0.25, 0.3) is 5.69 Å². The molecule has 4 aromatic rings. The van der Waals surface area contributed by atoms with Crippen LogP contribution in [0.5, 0.6) is 0 Å². The van der Waals surface area contributed by atoms with Gasteiger partial charge in [0.15, 0.2) is 11.0 Å². The van der Waals surface area contributed by atoms with Crippen molar-refractivity contribution in [2.75, 3.05) is 16.4 Å². The van der Waals surface area contributed by atoms with E-state index in [1.54, 1.807) is 24.3 Å². The molecule has 4 rings (SSSR count). The minimum atomic E-state index is -0.139. The number of aromatic nitrogens is 3. The van der Waals surface area contributed by atoms with E-state index in [9.17, 15) is 4.79 Å². The van der Waals surface area contributed by atoms with Crippen molar-refractivity contribution in [3.8, 4) is 5.69 Å². The summed E-state index contributed by atoms with van der Waals surface area (Å²) in [4.78, 5) is 12.5. The standard InChI is InChI=1S/C24H22ClN5OS/c1-17-8-5-6-13-21(17)26-15-22-28-29-24(30(22)20-11-3-2-4-12-20)32-16-23(31)27-19-10-7-9-18(25)14-19/h2-14,26H,15-16H2,1H3,(H,27,31). The molecule has 0 radical (unpaired) electrons. The number of hydrogen-bond acceptors (Lipinski definition) is 5. The van der Waals surface area contributed by atoms with Crippen LogP contribution in [-0.4, -0.2) is 26.4 Å². The molecule has 1 aromatic heterocycles. The fourth-order valence-corrected chi connectivity index (χ4v) is 4.14. The Morgan fingerprint density at radius 1 is 1.00 bits per heavy atom. The highest BCUT2D eigenvalue weighted by molar-refractivity contribution is 7.99. The lowest BCUT2D eigenvalue weighted by atomic mass is 10.2. The third-order valence-electron chi connectivity index (χ3n) is 4.74. The van der Waals surface area contributed by atoms with Gasteiger partial charge in [-0.05, 0) is 48.9 Å². The highest BCUT2D eigenvalue weighted by Crippen LogP contribution is 2.24. The maximum absolute atomic E-state index is 12.5. The fraction of sp³-hybridized carbons (Fsp3) is 0.125. The van der Waals surface area contributed by atoms with Gasteiger partial charge in [-0.3, -0.25) is 9.36 Å². The van der Waals surface area contributed by atoms with Crippen molar-refractivity contribution in [3.05, 3.63) is 95.3 Å². The van der Waals surface area contributed by atoms with Crippen molar-refractivity contribution in [1.29, 1.82) is 0 Å². The number of aryl methyl sites for hydroxylation is 1. The lowest BCUT2D eigenvalue weighted by Crippen LogP contribution is -2.15. The molecule has 3 aromatic carbocycles. The number of rotatable bonds is 8. The van der Waals surface area contributed by atoms with E-state index in [1.165, 1.54) is 11.8 Å². The van der Waals surface area contributed by atoms with Crippen molar-refractivity contribution < 1.29 is 4.79 Å². The second-order valence-electron chi connectivity index (χ2n) is 7.09. The molecule has 0 spiro atoms. The number of benzene rings is 3. The number of nitrogens with one attached hydrogen (secondary N) is 2. The largest absolute Gasteiger partial charge is 0.378 e. The van der Waals surface area contributed by atoms with Gasteiger partial charge in [-0.25, -0.2) is 0 Å². The molecule has 8 heteroatoms. The maximum Gasteiger partial charge on any atom is 0.234 e. The van der Waals surface area contributed by atoms with E-state index in [0.29, 0.717) is 22.4 Å². The van der Waals surface area contributed by atoms with E-state index in [2.05, 4.69) is 33.8 Å². The van der Waals surface area contributed by atoms with Gasteiger partial charge in [0.2, 0.25) is 5.91 Å². The minimum Gasteiger partial charge on any atom is -0.378 e. The molecule has 0 aliphatic rings. The number of thioether (sulfide) groups is 1. The highest BCUT2D eigenvalue weighted by atomic mass is 35.5. The number of para-hydroxylation sites is 2. The molecule has 0 aliphatic carbocycles. The quantitative estimate of drug-likeness (QED) is 0.334. The molecule has 0 fully saturated rings. The number of halogens is 1. The number of carbonyl (C=O) groups is 1. The van der Waals surface area contributed by atoms with Crippen LogP contribution in [0.15, 0.2) is 84.0 Å². The van der Waals surface area contributed by atoms with Crippen LogP contribution in [0, 0.1) is 6.92 Å². The Morgan fingerprint density at radius 3 is 2.56 bits per heavy atom. The minimum absolute atomic E-state index is 0.139. The molecule has 0 saturated carbocycles. The number of amides is 1. The third kappa shape index (κ3) is 5.49. The van der Waals surface area contributed by atoms with Gasteiger partial charge < -0.3 is 10.6 Å². The number of nitrogens with zero attached hydrogens (tertiary/aromatic N) is 3. The van der Waals surface area contributed by atoms with Crippen LogP contribution >= 0.6 is 23.4 Å². The van der Waals surface area contributed by atoms with E-state index in [0.717, 1.165) is 22.8 Å². The molecule has 1 heterocycles. The summed E-state index contributed by atoms with van der Waals surface area (Å²) >= 11 is 7.33. The first-order valence-corrected chi connectivity index (χ1v) is 11.4. The maximum atomic E-state index is 12.5. The zero-order valence-electron chi connectivity index (χ0n) is 17.5. The zero-order chi connectivity index (χ0) is 22.3. The number of carbonyl (C=O) groups excluding carboxylic acids is 1. The van der Waals surface area contributed by atoms with Gasteiger partial charge in [-0.15, -0.1) is 10.2 Å². The van der Waals surface area contributed by atoms with E-state index in [-0.39, 0.29) is 11.7 Å².